The third-order valence-electron chi connectivity index (χ3n) is 4.35. The van der Waals surface area contributed by atoms with E-state index in [-0.39, 0.29) is 46.0 Å². The molecule has 164 valence electrons. The second-order valence-electron chi connectivity index (χ2n) is 6.66. The van der Waals surface area contributed by atoms with Crippen molar-refractivity contribution in [3.8, 4) is 0 Å². The van der Waals surface area contributed by atoms with Gasteiger partial charge in [-0.2, -0.15) is 0 Å². The van der Waals surface area contributed by atoms with Gasteiger partial charge in [-0.1, -0.05) is 0 Å². The standard InChI is InChI=1S/C17H21BrFN5O5S/c18-13-9-11(4-5-14(13)19)21-17(22-25)15-16(24-29-23-15)20-6-2-8-30(26,27)10-12-3-1-7-28-12/h4-5,9,12,25H,1-3,6-8,10H2,(H,20,24)(H,21,22). The van der Waals surface area contributed by atoms with Crippen molar-refractivity contribution in [3.63, 3.8) is 0 Å². The molecule has 1 fully saturated rings. The number of aromatic nitrogens is 2. The lowest BCUT2D eigenvalue weighted by molar-refractivity contribution is 0.127. The quantitative estimate of drug-likeness (QED) is 0.203. The van der Waals surface area contributed by atoms with Gasteiger partial charge in [0.1, 0.15) is 5.82 Å². The van der Waals surface area contributed by atoms with Gasteiger partial charge in [0.25, 0.3) is 0 Å². The molecule has 1 aliphatic heterocycles. The Morgan fingerprint density at radius 1 is 1.40 bits per heavy atom. The van der Waals surface area contributed by atoms with Crippen molar-refractivity contribution < 1.29 is 27.4 Å². The molecular formula is C17H21BrFN5O5S. The Morgan fingerprint density at radius 3 is 2.93 bits per heavy atom. The summed E-state index contributed by atoms with van der Waals surface area (Å²) in [7, 11) is -3.22. The lowest BCUT2D eigenvalue weighted by Gasteiger charge is -2.10. The summed E-state index contributed by atoms with van der Waals surface area (Å²) in [5.41, 5.74) is 2.34. The van der Waals surface area contributed by atoms with Crippen LogP contribution < -0.4 is 10.8 Å². The minimum Gasteiger partial charge on any atom is -0.377 e. The van der Waals surface area contributed by atoms with Gasteiger partial charge >= 0.3 is 0 Å². The van der Waals surface area contributed by atoms with Crippen LogP contribution in [0.25, 0.3) is 0 Å². The number of sulfone groups is 1. The highest BCUT2D eigenvalue weighted by Crippen LogP contribution is 2.23. The monoisotopic (exact) mass is 505 g/mol. The molecule has 1 unspecified atom stereocenters. The van der Waals surface area contributed by atoms with Crippen molar-refractivity contribution in [2.45, 2.75) is 25.4 Å². The number of benzene rings is 1. The van der Waals surface area contributed by atoms with Crippen LogP contribution in [-0.2, 0) is 14.6 Å². The molecule has 1 aromatic heterocycles. The van der Waals surface area contributed by atoms with Crippen molar-refractivity contribution in [1.29, 1.82) is 0 Å². The molecule has 1 aromatic carbocycles. The topological polar surface area (TPSA) is 139 Å². The van der Waals surface area contributed by atoms with Crippen molar-refractivity contribution in [2.75, 3.05) is 30.0 Å². The number of aliphatic imine (C=N–C) groups is 1. The molecule has 30 heavy (non-hydrogen) atoms. The van der Waals surface area contributed by atoms with Gasteiger partial charge in [-0.25, -0.2) is 22.4 Å². The van der Waals surface area contributed by atoms with Crippen molar-refractivity contribution in [2.24, 2.45) is 4.99 Å². The number of nitrogens with one attached hydrogen (secondary N) is 2. The summed E-state index contributed by atoms with van der Waals surface area (Å²) in [6.45, 7) is 0.897. The number of rotatable bonds is 9. The van der Waals surface area contributed by atoms with E-state index in [0.717, 1.165) is 12.8 Å². The normalized spacial score (nSPS) is 17.3. The molecule has 13 heteroatoms. The Hall–Kier alpha value is -2.09. The molecule has 1 atom stereocenters. The lowest BCUT2D eigenvalue weighted by Crippen LogP contribution is -2.24. The van der Waals surface area contributed by atoms with Crippen LogP contribution in [0.1, 0.15) is 25.0 Å². The second-order valence-corrected chi connectivity index (χ2v) is 9.74. The predicted octanol–water partition coefficient (Wildman–Crippen LogP) is 2.42. The number of anilines is 1. The molecule has 0 bridgehead atoms. The van der Waals surface area contributed by atoms with E-state index in [4.69, 9.17) is 9.37 Å². The van der Waals surface area contributed by atoms with E-state index in [1.54, 1.807) is 0 Å². The van der Waals surface area contributed by atoms with Gasteiger partial charge in [0.2, 0.25) is 5.82 Å². The molecular weight excluding hydrogens is 485 g/mol. The van der Waals surface area contributed by atoms with Gasteiger partial charge in [-0.15, -0.1) is 0 Å². The van der Waals surface area contributed by atoms with Gasteiger partial charge in [0.05, 0.1) is 27.8 Å². The Balaban J connectivity index is 1.58. The first-order chi connectivity index (χ1) is 14.4. The maximum Gasteiger partial charge on any atom is 0.202 e. The zero-order valence-corrected chi connectivity index (χ0v) is 18.2. The van der Waals surface area contributed by atoms with Crippen LogP contribution in [0.15, 0.2) is 32.3 Å². The van der Waals surface area contributed by atoms with E-state index in [2.05, 4.69) is 36.6 Å². The van der Waals surface area contributed by atoms with Crippen LogP contribution in [0.3, 0.4) is 0 Å². The van der Waals surface area contributed by atoms with E-state index in [1.807, 2.05) is 5.48 Å². The van der Waals surface area contributed by atoms with E-state index in [0.29, 0.717) is 18.7 Å². The number of hydrogen-bond donors (Lipinski definition) is 3. The maximum absolute atomic E-state index is 13.4. The molecule has 3 rings (SSSR count). The summed E-state index contributed by atoms with van der Waals surface area (Å²) in [5.74, 6) is -0.325. The second kappa shape index (κ2) is 10.3. The van der Waals surface area contributed by atoms with Crippen molar-refractivity contribution >= 4 is 43.1 Å². The Kier molecular flexibility index (Phi) is 7.75. The summed E-state index contributed by atoms with van der Waals surface area (Å²) >= 11 is 3.06. The van der Waals surface area contributed by atoms with Crippen LogP contribution >= 0.6 is 15.9 Å². The smallest absolute Gasteiger partial charge is 0.202 e. The summed E-state index contributed by atoms with van der Waals surface area (Å²) in [4.78, 5) is 4.15. The first kappa shape index (κ1) is 22.6. The van der Waals surface area contributed by atoms with Crippen LogP contribution in [0.5, 0.6) is 0 Å². The van der Waals surface area contributed by atoms with Crippen LogP contribution in [-0.4, -0.2) is 60.5 Å². The van der Waals surface area contributed by atoms with Crippen molar-refractivity contribution in [3.05, 3.63) is 34.2 Å². The molecule has 2 aromatic rings. The molecule has 3 N–H and O–H groups in total. The third kappa shape index (κ3) is 6.20. The zero-order valence-electron chi connectivity index (χ0n) is 15.8. The molecule has 1 aliphatic rings. The first-order valence-corrected chi connectivity index (χ1v) is 11.8. The number of hydroxylamine groups is 1. The van der Waals surface area contributed by atoms with Gasteiger partial charge in [0, 0.05) is 13.2 Å². The first-order valence-electron chi connectivity index (χ1n) is 9.20. The molecule has 1 saturated heterocycles. The van der Waals surface area contributed by atoms with Gasteiger partial charge in [-0.05, 0) is 63.7 Å². The number of hydrogen-bond acceptors (Lipinski definition) is 9. The number of amidine groups is 1. The van der Waals surface area contributed by atoms with Gasteiger partial charge < -0.3 is 10.1 Å². The fraction of sp³-hybridized carbons (Fsp3) is 0.471. The minimum atomic E-state index is -3.22. The number of ether oxygens (including phenoxy) is 1. The Bertz CT molecular complexity index is 994. The largest absolute Gasteiger partial charge is 0.377 e. The van der Waals surface area contributed by atoms with Crippen LogP contribution in [0, 0.1) is 5.82 Å². The van der Waals surface area contributed by atoms with Crippen LogP contribution in [0.2, 0.25) is 0 Å². The molecule has 10 nitrogen and oxygen atoms in total. The fourth-order valence-corrected chi connectivity index (χ4v) is 4.86. The molecule has 2 heterocycles. The summed E-state index contributed by atoms with van der Waals surface area (Å²) < 4.78 is 48.0. The van der Waals surface area contributed by atoms with Crippen LogP contribution in [0.4, 0.5) is 15.9 Å². The molecule has 0 saturated carbocycles. The molecule has 0 radical (unpaired) electrons. The fourth-order valence-electron chi connectivity index (χ4n) is 2.92. The Labute approximate surface area is 180 Å². The highest BCUT2D eigenvalue weighted by Gasteiger charge is 2.23. The summed E-state index contributed by atoms with van der Waals surface area (Å²) in [6.07, 6.45) is 1.79. The van der Waals surface area contributed by atoms with E-state index >= 15 is 0 Å². The summed E-state index contributed by atoms with van der Waals surface area (Å²) in [6, 6.07) is 4.05. The van der Waals surface area contributed by atoms with E-state index in [1.165, 1.54) is 18.2 Å². The SMILES string of the molecule is O=S(=O)(CCCNc1nonc1C(=Nc1ccc(F)c(Br)c1)NO)CC1CCCO1. The summed E-state index contributed by atoms with van der Waals surface area (Å²) in [5, 5.41) is 19.7. The molecule has 0 amide bonds. The number of halogens is 2. The van der Waals surface area contributed by atoms with E-state index in [9.17, 15) is 18.0 Å². The minimum absolute atomic E-state index is 0.00325. The average molecular weight is 506 g/mol. The van der Waals surface area contributed by atoms with Gasteiger partial charge in [-0.3, -0.25) is 10.7 Å². The molecule has 0 aliphatic carbocycles. The highest BCUT2D eigenvalue weighted by atomic mass is 79.9. The zero-order chi connectivity index (χ0) is 21.6. The number of nitrogens with zero attached hydrogens (tertiary/aromatic N) is 3. The maximum atomic E-state index is 13.4. The Morgan fingerprint density at radius 2 is 2.23 bits per heavy atom. The van der Waals surface area contributed by atoms with Gasteiger partial charge in [0.15, 0.2) is 21.4 Å². The molecule has 0 spiro atoms. The lowest BCUT2D eigenvalue weighted by atomic mass is 10.3. The van der Waals surface area contributed by atoms with Crippen molar-refractivity contribution in [1.82, 2.24) is 15.8 Å². The highest BCUT2D eigenvalue weighted by molar-refractivity contribution is 9.10. The third-order valence-corrected chi connectivity index (χ3v) is 6.75. The predicted molar refractivity (Wildman–Crippen MR) is 110 cm³/mol. The van der Waals surface area contributed by atoms with E-state index < -0.39 is 15.7 Å². The average Bonchev–Trinajstić information content (AvgIpc) is 3.38.